The Hall–Kier alpha value is -2.58. The highest BCUT2D eigenvalue weighted by molar-refractivity contribution is 7.90. The van der Waals surface area contributed by atoms with E-state index in [1.165, 1.54) is 18.4 Å². The Kier molecular flexibility index (Phi) is 8.25. The number of rotatable bonds is 10. The second-order valence-corrected chi connectivity index (χ2v) is 9.61. The summed E-state index contributed by atoms with van der Waals surface area (Å²) in [6, 6.07) is 15.6. The molecule has 0 aliphatic rings. The van der Waals surface area contributed by atoms with Crippen LogP contribution in [0.25, 0.3) is 0 Å². The Morgan fingerprint density at radius 3 is 2.30 bits per heavy atom. The summed E-state index contributed by atoms with van der Waals surface area (Å²) in [6.07, 6.45) is 0.751. The molecule has 164 valence electrons. The average Bonchev–Trinajstić information content (AvgIpc) is 2.71. The number of nitrogens with one attached hydrogen (secondary N) is 1. The number of para-hydroxylation sites is 1. The third-order valence-electron chi connectivity index (χ3n) is 4.85. The molecule has 0 spiro atoms. The molecule has 8 heteroatoms. The molecule has 7 nitrogen and oxygen atoms in total. The fourth-order valence-electron chi connectivity index (χ4n) is 3.02. The molecule has 1 N–H and O–H groups in total. The standard InChI is InChI=1S/C22H32N4O3S/c1-18-12-13-19(2)21(16-18)26(30(28,29)24(3)4)17-22(27)23-14-9-15-25(5)20-10-7-6-8-11-20/h6-8,10-13,16H,9,14-15,17H2,1-5H3,(H,23,27). The van der Waals surface area contributed by atoms with Crippen LogP contribution < -0.4 is 14.5 Å². The van der Waals surface area contributed by atoms with Crippen molar-refractivity contribution < 1.29 is 13.2 Å². The van der Waals surface area contributed by atoms with Crippen molar-refractivity contribution in [3.05, 3.63) is 59.7 Å². The second-order valence-electron chi connectivity index (χ2n) is 7.55. The third kappa shape index (κ3) is 6.21. The smallest absolute Gasteiger partial charge is 0.304 e. The maximum Gasteiger partial charge on any atom is 0.304 e. The highest BCUT2D eigenvalue weighted by atomic mass is 32.2. The fraction of sp³-hybridized carbons (Fsp3) is 0.409. The van der Waals surface area contributed by atoms with E-state index in [1.807, 2.05) is 63.4 Å². The Morgan fingerprint density at radius 2 is 1.67 bits per heavy atom. The molecule has 0 fully saturated rings. The number of anilines is 2. The first kappa shape index (κ1) is 23.7. The molecular formula is C22H32N4O3S. The number of carbonyl (C=O) groups is 1. The lowest BCUT2D eigenvalue weighted by Crippen LogP contribution is -2.46. The van der Waals surface area contributed by atoms with Gasteiger partial charge in [0.2, 0.25) is 5.91 Å². The van der Waals surface area contributed by atoms with E-state index in [0.29, 0.717) is 12.2 Å². The number of amides is 1. The monoisotopic (exact) mass is 432 g/mol. The average molecular weight is 433 g/mol. The molecule has 0 saturated heterocycles. The topological polar surface area (TPSA) is 73.0 Å². The quantitative estimate of drug-likeness (QED) is 0.586. The van der Waals surface area contributed by atoms with Crippen LogP contribution in [-0.4, -0.2) is 59.4 Å². The largest absolute Gasteiger partial charge is 0.375 e. The van der Waals surface area contributed by atoms with Crippen molar-refractivity contribution in [1.29, 1.82) is 0 Å². The predicted octanol–water partition coefficient (Wildman–Crippen LogP) is 2.56. The summed E-state index contributed by atoms with van der Waals surface area (Å²) in [4.78, 5) is 14.7. The minimum absolute atomic E-state index is 0.265. The van der Waals surface area contributed by atoms with Crippen molar-refractivity contribution in [2.45, 2.75) is 20.3 Å². The van der Waals surface area contributed by atoms with Crippen molar-refractivity contribution in [3.8, 4) is 0 Å². The van der Waals surface area contributed by atoms with Gasteiger partial charge in [-0.3, -0.25) is 4.79 Å². The maximum absolute atomic E-state index is 12.9. The summed E-state index contributed by atoms with van der Waals surface area (Å²) in [5.74, 6) is -0.330. The minimum Gasteiger partial charge on any atom is -0.375 e. The summed E-state index contributed by atoms with van der Waals surface area (Å²) >= 11 is 0. The summed E-state index contributed by atoms with van der Waals surface area (Å²) in [5.41, 5.74) is 3.35. The van der Waals surface area contributed by atoms with Crippen LogP contribution in [0.4, 0.5) is 11.4 Å². The maximum atomic E-state index is 12.9. The summed E-state index contributed by atoms with van der Waals surface area (Å²) in [6.45, 7) is 4.72. The number of aryl methyl sites for hydroxylation is 2. The number of hydrogen-bond donors (Lipinski definition) is 1. The molecule has 2 rings (SSSR count). The van der Waals surface area contributed by atoms with Crippen LogP contribution in [0.2, 0.25) is 0 Å². The minimum atomic E-state index is -3.81. The molecule has 0 aliphatic heterocycles. The van der Waals surface area contributed by atoms with Crippen LogP contribution in [0.3, 0.4) is 0 Å². The molecule has 0 unspecified atom stereocenters. The zero-order valence-corrected chi connectivity index (χ0v) is 19.2. The predicted molar refractivity (Wildman–Crippen MR) is 123 cm³/mol. The lowest BCUT2D eigenvalue weighted by atomic mass is 10.1. The van der Waals surface area contributed by atoms with Crippen molar-refractivity contribution in [1.82, 2.24) is 9.62 Å². The molecule has 0 aromatic heterocycles. The van der Waals surface area contributed by atoms with Crippen LogP contribution >= 0.6 is 0 Å². The molecule has 0 atom stereocenters. The number of benzene rings is 2. The molecule has 0 aliphatic carbocycles. The van der Waals surface area contributed by atoms with E-state index in [-0.39, 0.29) is 12.5 Å². The second kappa shape index (κ2) is 10.4. The number of hydrogen-bond acceptors (Lipinski definition) is 4. The van der Waals surface area contributed by atoms with Gasteiger partial charge in [0.15, 0.2) is 0 Å². The van der Waals surface area contributed by atoms with Gasteiger partial charge in [0.25, 0.3) is 0 Å². The Labute approximate surface area is 180 Å². The first-order valence-electron chi connectivity index (χ1n) is 9.93. The lowest BCUT2D eigenvalue weighted by molar-refractivity contribution is -0.119. The van der Waals surface area contributed by atoms with Crippen LogP contribution in [-0.2, 0) is 15.0 Å². The molecular weight excluding hydrogens is 400 g/mol. The normalized spacial score (nSPS) is 11.4. The zero-order valence-electron chi connectivity index (χ0n) is 18.4. The van der Waals surface area contributed by atoms with Crippen molar-refractivity contribution in [3.63, 3.8) is 0 Å². The van der Waals surface area contributed by atoms with Gasteiger partial charge in [-0.15, -0.1) is 0 Å². The molecule has 30 heavy (non-hydrogen) atoms. The van der Waals surface area contributed by atoms with E-state index in [0.717, 1.165) is 34.1 Å². The van der Waals surface area contributed by atoms with Gasteiger partial charge in [0, 0.05) is 39.9 Å². The van der Waals surface area contributed by atoms with Gasteiger partial charge in [0.05, 0.1) is 5.69 Å². The fourth-order valence-corrected chi connectivity index (χ4v) is 4.14. The highest BCUT2D eigenvalue weighted by Gasteiger charge is 2.28. The van der Waals surface area contributed by atoms with Crippen molar-refractivity contribution in [2.24, 2.45) is 0 Å². The van der Waals surface area contributed by atoms with E-state index in [2.05, 4.69) is 10.2 Å². The zero-order chi connectivity index (χ0) is 22.3. The Balaban J connectivity index is 2.00. The van der Waals surface area contributed by atoms with Gasteiger partial charge in [-0.1, -0.05) is 30.3 Å². The molecule has 0 saturated carbocycles. The van der Waals surface area contributed by atoms with Crippen LogP contribution in [0, 0.1) is 13.8 Å². The molecule has 0 heterocycles. The molecule has 2 aromatic carbocycles. The SMILES string of the molecule is Cc1ccc(C)c(N(CC(=O)NCCCN(C)c2ccccc2)S(=O)(=O)N(C)C)c1. The van der Waals surface area contributed by atoms with Crippen molar-refractivity contribution in [2.75, 3.05) is 50.0 Å². The number of carbonyl (C=O) groups excluding carboxylic acids is 1. The molecule has 1 amide bonds. The summed E-state index contributed by atoms with van der Waals surface area (Å²) in [5, 5.41) is 2.84. The van der Waals surface area contributed by atoms with E-state index in [9.17, 15) is 13.2 Å². The van der Waals surface area contributed by atoms with Gasteiger partial charge < -0.3 is 10.2 Å². The summed E-state index contributed by atoms with van der Waals surface area (Å²) in [7, 11) is 1.12. The van der Waals surface area contributed by atoms with Gasteiger partial charge in [-0.25, -0.2) is 4.31 Å². The highest BCUT2D eigenvalue weighted by Crippen LogP contribution is 2.25. The van der Waals surface area contributed by atoms with Crippen LogP contribution in [0.1, 0.15) is 17.5 Å². The Morgan fingerprint density at radius 1 is 1.00 bits per heavy atom. The first-order valence-corrected chi connectivity index (χ1v) is 11.3. The van der Waals surface area contributed by atoms with E-state index < -0.39 is 10.2 Å². The summed E-state index contributed by atoms with van der Waals surface area (Å²) < 4.78 is 28.0. The van der Waals surface area contributed by atoms with Gasteiger partial charge in [-0.05, 0) is 49.6 Å². The van der Waals surface area contributed by atoms with E-state index >= 15 is 0 Å². The van der Waals surface area contributed by atoms with Gasteiger partial charge >= 0.3 is 10.2 Å². The Bertz CT molecular complexity index is 946. The van der Waals surface area contributed by atoms with E-state index in [4.69, 9.17) is 0 Å². The lowest BCUT2D eigenvalue weighted by Gasteiger charge is -2.28. The third-order valence-corrected chi connectivity index (χ3v) is 6.66. The molecule has 0 radical (unpaired) electrons. The van der Waals surface area contributed by atoms with Crippen molar-refractivity contribution >= 4 is 27.5 Å². The van der Waals surface area contributed by atoms with E-state index in [1.54, 1.807) is 6.07 Å². The molecule has 0 bridgehead atoms. The first-order chi connectivity index (χ1) is 14.1. The molecule has 2 aromatic rings. The van der Waals surface area contributed by atoms with Crippen LogP contribution in [0.15, 0.2) is 48.5 Å². The van der Waals surface area contributed by atoms with Gasteiger partial charge in [-0.2, -0.15) is 12.7 Å². The van der Waals surface area contributed by atoms with Gasteiger partial charge in [0.1, 0.15) is 6.54 Å². The number of nitrogens with zero attached hydrogens (tertiary/aromatic N) is 3. The van der Waals surface area contributed by atoms with Crippen LogP contribution in [0.5, 0.6) is 0 Å².